The number of nitrogens with zero attached hydrogens (tertiary/aromatic N) is 2. The lowest BCUT2D eigenvalue weighted by atomic mass is 10.0. The molecular formula is C15H20N2O5S. The molecule has 0 saturated heterocycles. The van der Waals surface area contributed by atoms with Crippen LogP contribution in [0, 0.1) is 0 Å². The summed E-state index contributed by atoms with van der Waals surface area (Å²) in [6.07, 6.45) is 2.55. The monoisotopic (exact) mass is 340 g/mol. The first kappa shape index (κ1) is 17.3. The van der Waals surface area contributed by atoms with Crippen LogP contribution in [-0.4, -0.2) is 58.7 Å². The summed E-state index contributed by atoms with van der Waals surface area (Å²) in [6.45, 7) is 0.116. The van der Waals surface area contributed by atoms with Gasteiger partial charge in [-0.05, 0) is 36.6 Å². The lowest BCUT2D eigenvalue weighted by Gasteiger charge is -2.29. The zero-order valence-corrected chi connectivity index (χ0v) is 14.2. The molecule has 1 aromatic carbocycles. The summed E-state index contributed by atoms with van der Waals surface area (Å²) in [7, 11) is -0.180. The van der Waals surface area contributed by atoms with Gasteiger partial charge in [-0.1, -0.05) is 0 Å². The van der Waals surface area contributed by atoms with Gasteiger partial charge < -0.3 is 9.64 Å². The standard InChI is InChI=1S/C15H20N2O5S/c1-16(2)14(18)10-22-15(19)12-6-7-13-11(9-12)5-4-8-17(13)23(3,20)21/h6-7,9H,4-5,8,10H2,1-3H3. The third kappa shape index (κ3) is 4.01. The molecule has 0 aliphatic carbocycles. The van der Waals surface area contributed by atoms with Gasteiger partial charge in [0.2, 0.25) is 10.0 Å². The first-order chi connectivity index (χ1) is 10.7. The minimum atomic E-state index is -3.34. The summed E-state index contributed by atoms with van der Waals surface area (Å²) in [6, 6.07) is 4.76. The van der Waals surface area contributed by atoms with E-state index >= 15 is 0 Å². The highest BCUT2D eigenvalue weighted by Gasteiger charge is 2.25. The van der Waals surface area contributed by atoms with E-state index in [1.165, 1.54) is 15.3 Å². The van der Waals surface area contributed by atoms with Crippen LogP contribution in [0.5, 0.6) is 0 Å². The third-order valence-electron chi connectivity index (χ3n) is 3.62. The van der Waals surface area contributed by atoms with E-state index in [1.807, 2.05) is 0 Å². The van der Waals surface area contributed by atoms with Gasteiger partial charge >= 0.3 is 5.97 Å². The smallest absolute Gasteiger partial charge is 0.338 e. The molecule has 7 nitrogen and oxygen atoms in total. The summed E-state index contributed by atoms with van der Waals surface area (Å²) in [4.78, 5) is 24.8. The van der Waals surface area contributed by atoms with Crippen molar-refractivity contribution in [2.24, 2.45) is 0 Å². The molecule has 1 aliphatic rings. The number of carbonyl (C=O) groups is 2. The number of esters is 1. The van der Waals surface area contributed by atoms with E-state index in [2.05, 4.69) is 0 Å². The Hall–Kier alpha value is -2.09. The van der Waals surface area contributed by atoms with Crippen LogP contribution in [0.25, 0.3) is 0 Å². The number of hydrogen-bond donors (Lipinski definition) is 0. The minimum Gasteiger partial charge on any atom is -0.452 e. The van der Waals surface area contributed by atoms with Crippen LogP contribution >= 0.6 is 0 Å². The average molecular weight is 340 g/mol. The summed E-state index contributed by atoms with van der Waals surface area (Å²) in [5.74, 6) is -0.904. The van der Waals surface area contributed by atoms with Crippen molar-refractivity contribution < 1.29 is 22.7 Å². The van der Waals surface area contributed by atoms with Gasteiger partial charge in [-0.2, -0.15) is 0 Å². The quantitative estimate of drug-likeness (QED) is 0.751. The summed E-state index contributed by atoms with van der Waals surface area (Å²) in [5, 5.41) is 0. The Balaban J connectivity index is 2.18. The number of hydrogen-bond acceptors (Lipinski definition) is 5. The molecule has 1 heterocycles. The molecule has 0 saturated carbocycles. The van der Waals surface area contributed by atoms with Crippen molar-refractivity contribution in [2.45, 2.75) is 12.8 Å². The fraction of sp³-hybridized carbons (Fsp3) is 0.467. The number of anilines is 1. The van der Waals surface area contributed by atoms with E-state index in [9.17, 15) is 18.0 Å². The van der Waals surface area contributed by atoms with Gasteiger partial charge in [0.05, 0.1) is 17.5 Å². The Bertz CT molecular complexity index is 727. The number of likely N-dealkylation sites (N-methyl/N-ethyl adjacent to an activating group) is 1. The fourth-order valence-corrected chi connectivity index (χ4v) is 3.37. The van der Waals surface area contributed by atoms with E-state index in [0.29, 0.717) is 30.6 Å². The van der Waals surface area contributed by atoms with Gasteiger partial charge in [-0.15, -0.1) is 0 Å². The molecule has 0 spiro atoms. The number of rotatable bonds is 4. The van der Waals surface area contributed by atoms with Gasteiger partial charge in [-0.25, -0.2) is 13.2 Å². The van der Waals surface area contributed by atoms with Gasteiger partial charge in [0, 0.05) is 20.6 Å². The highest BCUT2D eigenvalue weighted by atomic mass is 32.2. The predicted molar refractivity (Wildman–Crippen MR) is 85.9 cm³/mol. The lowest BCUT2D eigenvalue weighted by Crippen LogP contribution is -2.34. The van der Waals surface area contributed by atoms with Crippen molar-refractivity contribution in [2.75, 3.05) is 37.8 Å². The average Bonchev–Trinajstić information content (AvgIpc) is 2.49. The van der Waals surface area contributed by atoms with Crippen LogP contribution in [0.4, 0.5) is 5.69 Å². The molecule has 23 heavy (non-hydrogen) atoms. The van der Waals surface area contributed by atoms with Crippen LogP contribution in [0.15, 0.2) is 18.2 Å². The second-order valence-electron chi connectivity index (χ2n) is 5.65. The maximum atomic E-state index is 12.0. The molecule has 1 amide bonds. The normalized spacial score (nSPS) is 14.1. The zero-order chi connectivity index (χ0) is 17.2. The molecule has 0 bridgehead atoms. The third-order valence-corrected chi connectivity index (χ3v) is 4.80. The SMILES string of the molecule is CN(C)C(=O)COC(=O)c1ccc2c(c1)CCCN2S(C)(=O)=O. The van der Waals surface area contributed by atoms with Gasteiger partial charge in [0.1, 0.15) is 0 Å². The van der Waals surface area contributed by atoms with Crippen LogP contribution in [-0.2, 0) is 26.0 Å². The molecule has 1 aliphatic heterocycles. The number of ether oxygens (including phenoxy) is 1. The Morgan fingerprint density at radius 3 is 2.61 bits per heavy atom. The molecule has 126 valence electrons. The summed E-state index contributed by atoms with van der Waals surface area (Å²) < 4.78 is 29.9. The maximum absolute atomic E-state index is 12.0. The molecule has 8 heteroatoms. The van der Waals surface area contributed by atoms with Crippen molar-refractivity contribution in [1.82, 2.24) is 4.90 Å². The molecular weight excluding hydrogens is 320 g/mol. The maximum Gasteiger partial charge on any atom is 0.338 e. The van der Waals surface area contributed by atoms with Crippen molar-refractivity contribution >= 4 is 27.6 Å². The second-order valence-corrected chi connectivity index (χ2v) is 7.55. The van der Waals surface area contributed by atoms with Crippen molar-refractivity contribution in [3.63, 3.8) is 0 Å². The Morgan fingerprint density at radius 2 is 2.00 bits per heavy atom. The number of amides is 1. The molecule has 0 fully saturated rings. The van der Waals surface area contributed by atoms with Crippen LogP contribution < -0.4 is 4.31 Å². The second kappa shape index (κ2) is 6.57. The largest absolute Gasteiger partial charge is 0.452 e. The Labute approximate surface area is 135 Å². The number of benzene rings is 1. The van der Waals surface area contributed by atoms with E-state index < -0.39 is 16.0 Å². The Kier molecular flexibility index (Phi) is 4.93. The molecule has 2 rings (SSSR count). The fourth-order valence-electron chi connectivity index (χ4n) is 2.37. The van der Waals surface area contributed by atoms with E-state index in [0.717, 1.165) is 11.8 Å². The van der Waals surface area contributed by atoms with E-state index in [1.54, 1.807) is 26.2 Å². The molecule has 0 aromatic heterocycles. The van der Waals surface area contributed by atoms with Gasteiger partial charge in [-0.3, -0.25) is 9.10 Å². The van der Waals surface area contributed by atoms with E-state index in [4.69, 9.17) is 4.74 Å². The van der Waals surface area contributed by atoms with Crippen molar-refractivity contribution in [3.05, 3.63) is 29.3 Å². The molecule has 0 atom stereocenters. The Morgan fingerprint density at radius 1 is 1.30 bits per heavy atom. The lowest BCUT2D eigenvalue weighted by molar-refractivity contribution is -0.131. The van der Waals surface area contributed by atoms with Gasteiger partial charge in [0.15, 0.2) is 6.61 Å². The first-order valence-corrected chi connectivity index (χ1v) is 9.03. The first-order valence-electron chi connectivity index (χ1n) is 7.18. The molecule has 0 unspecified atom stereocenters. The van der Waals surface area contributed by atoms with E-state index in [-0.39, 0.29) is 12.5 Å². The number of aryl methyl sites for hydroxylation is 1. The number of fused-ring (bicyclic) bond motifs is 1. The van der Waals surface area contributed by atoms with Crippen LogP contribution in [0.1, 0.15) is 22.3 Å². The van der Waals surface area contributed by atoms with Crippen LogP contribution in [0.2, 0.25) is 0 Å². The molecule has 1 aromatic rings. The summed E-state index contributed by atoms with van der Waals surface area (Å²) >= 11 is 0. The number of sulfonamides is 1. The highest BCUT2D eigenvalue weighted by Crippen LogP contribution is 2.30. The molecule has 0 radical (unpaired) electrons. The zero-order valence-electron chi connectivity index (χ0n) is 13.4. The number of carbonyl (C=O) groups excluding carboxylic acids is 2. The topological polar surface area (TPSA) is 84.0 Å². The van der Waals surface area contributed by atoms with Crippen molar-refractivity contribution in [3.8, 4) is 0 Å². The highest BCUT2D eigenvalue weighted by molar-refractivity contribution is 7.92. The van der Waals surface area contributed by atoms with Crippen LogP contribution in [0.3, 0.4) is 0 Å². The van der Waals surface area contributed by atoms with Crippen molar-refractivity contribution in [1.29, 1.82) is 0 Å². The minimum absolute atomic E-state index is 0.306. The van der Waals surface area contributed by atoms with Gasteiger partial charge in [0.25, 0.3) is 5.91 Å². The predicted octanol–water partition coefficient (Wildman–Crippen LogP) is 0.644. The summed E-state index contributed by atoms with van der Waals surface area (Å²) in [5.41, 5.74) is 1.69. The molecule has 0 N–H and O–H groups in total.